The van der Waals surface area contributed by atoms with Gasteiger partial charge in [-0.1, -0.05) is 32.9 Å². The molecule has 0 unspecified atom stereocenters. The highest BCUT2D eigenvalue weighted by Gasteiger charge is 2.50. The summed E-state index contributed by atoms with van der Waals surface area (Å²) in [6, 6.07) is 0. The molecule has 1 saturated carbocycles. The van der Waals surface area contributed by atoms with Gasteiger partial charge in [0.1, 0.15) is 0 Å². The Kier molecular flexibility index (Phi) is 1.65. The number of allylic oxidation sites excluding steroid dienone is 2. The van der Waals surface area contributed by atoms with Crippen LogP contribution in [0.2, 0.25) is 0 Å². The minimum atomic E-state index is 0.542. The third-order valence-electron chi connectivity index (χ3n) is 4.72. The smallest absolute Gasteiger partial charge is 0.0177 e. The zero-order valence-corrected chi connectivity index (χ0v) is 8.56. The topological polar surface area (TPSA) is 0 Å². The molecule has 0 heteroatoms. The summed E-state index contributed by atoms with van der Waals surface area (Å²) in [5.74, 6) is 0.852. The summed E-state index contributed by atoms with van der Waals surface area (Å²) in [7, 11) is 0. The van der Waals surface area contributed by atoms with Gasteiger partial charge in [-0.2, -0.15) is 0 Å². The van der Waals surface area contributed by atoms with Crippen LogP contribution in [0, 0.1) is 16.7 Å². The minimum absolute atomic E-state index is 0.542. The van der Waals surface area contributed by atoms with Crippen LogP contribution in [-0.2, 0) is 0 Å². The van der Waals surface area contributed by atoms with Crippen molar-refractivity contribution in [2.24, 2.45) is 16.7 Å². The Balaban J connectivity index is 2.38. The molecule has 2 atom stereocenters. The fourth-order valence-corrected chi connectivity index (χ4v) is 3.05. The molecule has 2 bridgehead atoms. The van der Waals surface area contributed by atoms with Crippen molar-refractivity contribution in [2.45, 2.75) is 46.5 Å². The van der Waals surface area contributed by atoms with Gasteiger partial charge in [-0.25, -0.2) is 0 Å². The van der Waals surface area contributed by atoms with Crippen LogP contribution in [0.4, 0.5) is 0 Å². The Labute approximate surface area is 76.1 Å². The summed E-state index contributed by atoms with van der Waals surface area (Å²) < 4.78 is 0. The van der Waals surface area contributed by atoms with Gasteiger partial charge in [0.15, 0.2) is 0 Å². The van der Waals surface area contributed by atoms with E-state index in [4.69, 9.17) is 0 Å². The van der Waals surface area contributed by atoms with E-state index in [0.29, 0.717) is 10.8 Å². The summed E-state index contributed by atoms with van der Waals surface area (Å²) >= 11 is 0. The lowest BCUT2D eigenvalue weighted by Crippen LogP contribution is -2.32. The molecule has 0 nitrogen and oxygen atoms in total. The zero-order chi connectivity index (χ0) is 8.82. The Hall–Kier alpha value is -0.260. The van der Waals surface area contributed by atoms with Crippen LogP contribution in [0.15, 0.2) is 12.2 Å². The van der Waals surface area contributed by atoms with Gasteiger partial charge in [-0.05, 0) is 42.4 Å². The Bertz CT molecular complexity index is 212. The van der Waals surface area contributed by atoms with Gasteiger partial charge in [0.25, 0.3) is 0 Å². The van der Waals surface area contributed by atoms with Crippen molar-refractivity contribution < 1.29 is 0 Å². The number of hydrogen-bond acceptors (Lipinski definition) is 0. The second kappa shape index (κ2) is 2.37. The Morgan fingerprint density at radius 3 is 2.67 bits per heavy atom. The van der Waals surface area contributed by atoms with Gasteiger partial charge in [0, 0.05) is 0 Å². The second-order valence-corrected chi connectivity index (χ2v) is 5.39. The molecule has 0 saturated heterocycles. The first kappa shape index (κ1) is 8.34. The highest BCUT2D eigenvalue weighted by Crippen LogP contribution is 2.59. The highest BCUT2D eigenvalue weighted by atomic mass is 14.5. The summed E-state index contributed by atoms with van der Waals surface area (Å²) in [4.78, 5) is 0. The normalized spacial score (nSPS) is 44.4. The predicted octanol–water partition coefficient (Wildman–Crippen LogP) is 3.78. The molecule has 12 heavy (non-hydrogen) atoms. The van der Waals surface area contributed by atoms with Crippen LogP contribution in [-0.4, -0.2) is 0 Å². The lowest BCUT2D eigenvalue weighted by molar-refractivity contribution is 0.101. The van der Waals surface area contributed by atoms with Crippen molar-refractivity contribution in [2.75, 3.05) is 0 Å². The molecule has 0 aromatic rings. The van der Waals surface area contributed by atoms with Crippen molar-refractivity contribution >= 4 is 0 Å². The fourth-order valence-electron chi connectivity index (χ4n) is 3.05. The van der Waals surface area contributed by atoms with Crippen LogP contribution in [0.1, 0.15) is 46.5 Å². The zero-order valence-electron chi connectivity index (χ0n) is 8.56. The monoisotopic (exact) mass is 164 g/mol. The van der Waals surface area contributed by atoms with E-state index in [2.05, 4.69) is 32.9 Å². The molecule has 2 aliphatic carbocycles. The third kappa shape index (κ3) is 0.901. The summed E-state index contributed by atoms with van der Waals surface area (Å²) in [6.07, 6.45) is 10.4. The lowest BCUT2D eigenvalue weighted by atomic mass is 9.65. The third-order valence-corrected chi connectivity index (χ3v) is 4.72. The molecule has 2 aliphatic rings. The van der Waals surface area contributed by atoms with Crippen molar-refractivity contribution in [1.82, 2.24) is 0 Å². The van der Waals surface area contributed by atoms with E-state index in [0.717, 1.165) is 5.92 Å². The van der Waals surface area contributed by atoms with Gasteiger partial charge in [-0.15, -0.1) is 0 Å². The van der Waals surface area contributed by atoms with Crippen LogP contribution < -0.4 is 0 Å². The quantitative estimate of drug-likeness (QED) is 0.478. The van der Waals surface area contributed by atoms with Gasteiger partial charge in [0.2, 0.25) is 0 Å². The van der Waals surface area contributed by atoms with Crippen LogP contribution in [0.3, 0.4) is 0 Å². The average molecular weight is 164 g/mol. The molecule has 2 rings (SSSR count). The molecule has 0 amide bonds. The second-order valence-electron chi connectivity index (χ2n) is 5.39. The van der Waals surface area contributed by atoms with E-state index in [-0.39, 0.29) is 0 Å². The maximum atomic E-state index is 2.49. The standard InChI is InChI=1S/C12H20/c1-11(2)10-6-4-5-8-12(11,3)9-7-10/h4,6,10H,5,7-9H2,1-3H3/t10-,12+/m1/s1. The van der Waals surface area contributed by atoms with E-state index < -0.39 is 0 Å². The summed E-state index contributed by atoms with van der Waals surface area (Å²) in [6.45, 7) is 7.40. The minimum Gasteiger partial charge on any atom is -0.0882 e. The average Bonchev–Trinajstić information content (AvgIpc) is 2.09. The van der Waals surface area contributed by atoms with Crippen LogP contribution in [0.25, 0.3) is 0 Å². The predicted molar refractivity (Wildman–Crippen MR) is 53.0 cm³/mol. The van der Waals surface area contributed by atoms with E-state index in [1.54, 1.807) is 0 Å². The van der Waals surface area contributed by atoms with E-state index in [1.807, 2.05) is 0 Å². The summed E-state index contributed by atoms with van der Waals surface area (Å²) in [5, 5.41) is 0. The number of hydrogen-bond donors (Lipinski definition) is 0. The maximum Gasteiger partial charge on any atom is -0.0177 e. The fraction of sp³-hybridized carbons (Fsp3) is 0.833. The molecular formula is C12H20. The SMILES string of the molecule is CC1(C)[C@@H]2C=CCC[C@@]1(C)CC2. The molecule has 0 aliphatic heterocycles. The van der Waals surface area contributed by atoms with Gasteiger partial charge < -0.3 is 0 Å². The maximum absolute atomic E-state index is 2.49. The lowest BCUT2D eigenvalue weighted by Gasteiger charge is -2.40. The van der Waals surface area contributed by atoms with Crippen molar-refractivity contribution in [1.29, 1.82) is 0 Å². The van der Waals surface area contributed by atoms with Gasteiger partial charge >= 0.3 is 0 Å². The molecule has 0 aromatic heterocycles. The first-order chi connectivity index (χ1) is 5.56. The molecule has 0 heterocycles. The van der Waals surface area contributed by atoms with Crippen molar-refractivity contribution in [3.05, 3.63) is 12.2 Å². The van der Waals surface area contributed by atoms with Crippen molar-refractivity contribution in [3.63, 3.8) is 0 Å². The van der Waals surface area contributed by atoms with E-state index >= 15 is 0 Å². The summed E-state index contributed by atoms with van der Waals surface area (Å²) in [5.41, 5.74) is 1.15. The Morgan fingerprint density at radius 2 is 1.92 bits per heavy atom. The molecule has 0 radical (unpaired) electrons. The first-order valence-corrected chi connectivity index (χ1v) is 5.23. The first-order valence-electron chi connectivity index (χ1n) is 5.23. The highest BCUT2D eigenvalue weighted by molar-refractivity contribution is 5.10. The molecule has 68 valence electrons. The van der Waals surface area contributed by atoms with E-state index in [9.17, 15) is 0 Å². The largest absolute Gasteiger partial charge is 0.0882 e. The van der Waals surface area contributed by atoms with Gasteiger partial charge in [0.05, 0.1) is 0 Å². The van der Waals surface area contributed by atoms with Crippen LogP contribution >= 0.6 is 0 Å². The molecular weight excluding hydrogens is 144 g/mol. The number of fused-ring (bicyclic) bond motifs is 2. The Morgan fingerprint density at radius 1 is 1.17 bits per heavy atom. The van der Waals surface area contributed by atoms with Gasteiger partial charge in [-0.3, -0.25) is 0 Å². The number of rotatable bonds is 0. The molecule has 0 spiro atoms. The van der Waals surface area contributed by atoms with E-state index in [1.165, 1.54) is 25.7 Å². The van der Waals surface area contributed by atoms with Crippen LogP contribution in [0.5, 0.6) is 0 Å². The van der Waals surface area contributed by atoms with Crippen molar-refractivity contribution in [3.8, 4) is 0 Å². The molecule has 0 N–H and O–H groups in total. The molecule has 0 aromatic carbocycles. The molecule has 1 fully saturated rings.